The van der Waals surface area contributed by atoms with Gasteiger partial charge >= 0.3 is 0 Å². The van der Waals surface area contributed by atoms with Crippen molar-refractivity contribution in [1.82, 2.24) is 5.32 Å². The fraction of sp³-hybridized carbons (Fsp3) is 1.00. The van der Waals surface area contributed by atoms with E-state index in [9.17, 15) is 0 Å². The average molecular weight is 157 g/mol. The Morgan fingerprint density at radius 2 is 2.18 bits per heavy atom. The van der Waals surface area contributed by atoms with Gasteiger partial charge in [-0.3, -0.25) is 0 Å². The predicted molar refractivity (Wildman–Crippen MR) is 46.8 cm³/mol. The highest BCUT2D eigenvalue weighted by Crippen LogP contribution is 2.37. The number of ether oxygens (including phenoxy) is 1. The maximum atomic E-state index is 5.48. The van der Waals surface area contributed by atoms with Crippen LogP contribution in [0.1, 0.15) is 32.6 Å². The molecule has 0 aromatic rings. The Labute approximate surface area is 69.3 Å². The molecule has 0 spiro atoms. The quantitative estimate of drug-likeness (QED) is 0.611. The van der Waals surface area contributed by atoms with Gasteiger partial charge in [-0.15, -0.1) is 0 Å². The van der Waals surface area contributed by atoms with Gasteiger partial charge in [0.1, 0.15) is 0 Å². The summed E-state index contributed by atoms with van der Waals surface area (Å²) in [7, 11) is 1.84. The van der Waals surface area contributed by atoms with Crippen LogP contribution in [-0.2, 0) is 4.74 Å². The molecule has 0 aromatic carbocycles. The van der Waals surface area contributed by atoms with Gasteiger partial charge in [0.2, 0.25) is 0 Å². The first kappa shape index (κ1) is 9.01. The Hall–Kier alpha value is -0.0800. The molecule has 0 bridgehead atoms. The highest BCUT2D eigenvalue weighted by atomic mass is 16.5. The summed E-state index contributed by atoms with van der Waals surface area (Å²) in [6.45, 7) is 4.31. The van der Waals surface area contributed by atoms with E-state index in [2.05, 4.69) is 12.2 Å². The van der Waals surface area contributed by atoms with E-state index in [1.165, 1.54) is 25.7 Å². The Morgan fingerprint density at radius 1 is 1.45 bits per heavy atom. The number of rotatable bonds is 5. The van der Waals surface area contributed by atoms with Gasteiger partial charge in [0.05, 0.1) is 5.60 Å². The summed E-state index contributed by atoms with van der Waals surface area (Å²) >= 11 is 0. The van der Waals surface area contributed by atoms with Crippen molar-refractivity contribution in [2.24, 2.45) is 0 Å². The second kappa shape index (κ2) is 4.07. The van der Waals surface area contributed by atoms with Crippen molar-refractivity contribution in [3.8, 4) is 0 Å². The maximum Gasteiger partial charge on any atom is 0.0690 e. The smallest absolute Gasteiger partial charge is 0.0690 e. The van der Waals surface area contributed by atoms with E-state index in [1.807, 2.05) is 7.11 Å². The standard InChI is InChI=1S/C9H19NO/c1-3-10-8-7-9(11-2)5-4-6-9/h10H,3-8H2,1-2H3. The van der Waals surface area contributed by atoms with Crippen LogP contribution in [0, 0.1) is 0 Å². The summed E-state index contributed by atoms with van der Waals surface area (Å²) in [5.74, 6) is 0. The number of hydrogen-bond donors (Lipinski definition) is 1. The van der Waals surface area contributed by atoms with E-state index in [0.29, 0.717) is 0 Å². The number of nitrogens with one attached hydrogen (secondary N) is 1. The van der Waals surface area contributed by atoms with Gasteiger partial charge in [0.15, 0.2) is 0 Å². The monoisotopic (exact) mass is 157 g/mol. The van der Waals surface area contributed by atoms with Gasteiger partial charge < -0.3 is 10.1 Å². The minimum Gasteiger partial charge on any atom is -0.378 e. The maximum absolute atomic E-state index is 5.48. The van der Waals surface area contributed by atoms with Gasteiger partial charge in [0.25, 0.3) is 0 Å². The van der Waals surface area contributed by atoms with Crippen LogP contribution in [0.5, 0.6) is 0 Å². The molecule has 1 aliphatic carbocycles. The number of methoxy groups -OCH3 is 1. The van der Waals surface area contributed by atoms with E-state index in [-0.39, 0.29) is 5.60 Å². The van der Waals surface area contributed by atoms with Crippen LogP contribution in [0.15, 0.2) is 0 Å². The lowest BCUT2D eigenvalue weighted by Gasteiger charge is -2.40. The highest BCUT2D eigenvalue weighted by Gasteiger charge is 2.35. The fourth-order valence-corrected chi connectivity index (χ4v) is 1.62. The van der Waals surface area contributed by atoms with E-state index in [0.717, 1.165) is 13.1 Å². The predicted octanol–water partition coefficient (Wildman–Crippen LogP) is 1.56. The normalized spacial score (nSPS) is 21.3. The summed E-state index contributed by atoms with van der Waals surface area (Å²) < 4.78 is 5.48. The molecule has 2 heteroatoms. The molecule has 0 amide bonds. The Balaban J connectivity index is 2.11. The third-order valence-corrected chi connectivity index (χ3v) is 2.71. The lowest BCUT2D eigenvalue weighted by molar-refractivity contribution is -0.0767. The van der Waals surface area contributed by atoms with Gasteiger partial charge in [0, 0.05) is 7.11 Å². The minimum atomic E-state index is 0.252. The number of hydrogen-bond acceptors (Lipinski definition) is 2. The molecule has 0 aromatic heterocycles. The lowest BCUT2D eigenvalue weighted by atomic mass is 9.77. The summed E-state index contributed by atoms with van der Waals surface area (Å²) in [5, 5.41) is 3.33. The van der Waals surface area contributed by atoms with Crippen LogP contribution in [0.2, 0.25) is 0 Å². The van der Waals surface area contributed by atoms with Crippen LogP contribution < -0.4 is 5.32 Å². The average Bonchev–Trinajstić information content (AvgIpc) is 1.95. The molecule has 0 atom stereocenters. The molecule has 11 heavy (non-hydrogen) atoms. The summed E-state index contributed by atoms with van der Waals surface area (Å²) in [6.07, 6.45) is 5.04. The van der Waals surface area contributed by atoms with E-state index in [1.54, 1.807) is 0 Å². The van der Waals surface area contributed by atoms with E-state index >= 15 is 0 Å². The molecule has 1 aliphatic rings. The van der Waals surface area contributed by atoms with Crippen molar-refractivity contribution in [1.29, 1.82) is 0 Å². The van der Waals surface area contributed by atoms with Gasteiger partial charge in [-0.05, 0) is 38.8 Å². The van der Waals surface area contributed by atoms with Crippen LogP contribution in [0.3, 0.4) is 0 Å². The van der Waals surface area contributed by atoms with Crippen molar-refractivity contribution in [3.63, 3.8) is 0 Å². The SMILES string of the molecule is CCNCCC1(OC)CCC1. The molecule has 0 radical (unpaired) electrons. The Bertz CT molecular complexity index is 105. The first-order chi connectivity index (χ1) is 5.33. The topological polar surface area (TPSA) is 21.3 Å². The second-order valence-corrected chi connectivity index (χ2v) is 3.34. The molecule has 0 aliphatic heterocycles. The minimum absolute atomic E-state index is 0.252. The Morgan fingerprint density at radius 3 is 2.55 bits per heavy atom. The van der Waals surface area contributed by atoms with Gasteiger partial charge in [-0.1, -0.05) is 6.92 Å². The fourth-order valence-electron chi connectivity index (χ4n) is 1.62. The first-order valence-electron chi connectivity index (χ1n) is 4.59. The molecule has 1 N–H and O–H groups in total. The van der Waals surface area contributed by atoms with Crippen molar-refractivity contribution in [3.05, 3.63) is 0 Å². The third-order valence-electron chi connectivity index (χ3n) is 2.71. The largest absolute Gasteiger partial charge is 0.378 e. The lowest BCUT2D eigenvalue weighted by Crippen LogP contribution is -2.41. The van der Waals surface area contributed by atoms with Crippen LogP contribution >= 0.6 is 0 Å². The molecule has 1 saturated carbocycles. The molecule has 0 heterocycles. The summed E-state index contributed by atoms with van der Waals surface area (Å²) in [5.41, 5.74) is 0.252. The molecular formula is C9H19NO. The summed E-state index contributed by atoms with van der Waals surface area (Å²) in [4.78, 5) is 0. The first-order valence-corrected chi connectivity index (χ1v) is 4.59. The van der Waals surface area contributed by atoms with Gasteiger partial charge in [-0.2, -0.15) is 0 Å². The van der Waals surface area contributed by atoms with Crippen molar-refractivity contribution in [2.75, 3.05) is 20.2 Å². The zero-order chi connectivity index (χ0) is 8.16. The van der Waals surface area contributed by atoms with Crippen molar-refractivity contribution < 1.29 is 4.74 Å². The molecule has 1 fully saturated rings. The zero-order valence-corrected chi connectivity index (χ0v) is 7.65. The van der Waals surface area contributed by atoms with Crippen LogP contribution in [-0.4, -0.2) is 25.8 Å². The molecule has 2 nitrogen and oxygen atoms in total. The van der Waals surface area contributed by atoms with E-state index < -0.39 is 0 Å². The molecule has 0 unspecified atom stereocenters. The van der Waals surface area contributed by atoms with Crippen molar-refractivity contribution in [2.45, 2.75) is 38.2 Å². The summed E-state index contributed by atoms with van der Waals surface area (Å²) in [6, 6.07) is 0. The Kier molecular flexibility index (Phi) is 3.34. The van der Waals surface area contributed by atoms with Gasteiger partial charge in [-0.25, -0.2) is 0 Å². The molecule has 0 saturated heterocycles. The van der Waals surface area contributed by atoms with E-state index in [4.69, 9.17) is 4.74 Å². The molecule has 1 rings (SSSR count). The molecular weight excluding hydrogens is 138 g/mol. The van der Waals surface area contributed by atoms with Crippen LogP contribution in [0.4, 0.5) is 0 Å². The van der Waals surface area contributed by atoms with Crippen molar-refractivity contribution >= 4 is 0 Å². The third kappa shape index (κ3) is 2.17. The highest BCUT2D eigenvalue weighted by molar-refractivity contribution is 4.89. The zero-order valence-electron chi connectivity index (χ0n) is 7.65. The molecule has 66 valence electrons. The van der Waals surface area contributed by atoms with Crippen LogP contribution in [0.25, 0.3) is 0 Å². The second-order valence-electron chi connectivity index (χ2n) is 3.34.